The summed E-state index contributed by atoms with van der Waals surface area (Å²) in [7, 11) is 0. The summed E-state index contributed by atoms with van der Waals surface area (Å²) in [4.78, 5) is 18.1. The molecule has 5 heteroatoms. The van der Waals surface area contributed by atoms with Gasteiger partial charge in [-0.3, -0.25) is 4.79 Å². The first kappa shape index (κ1) is 23.5. The van der Waals surface area contributed by atoms with E-state index in [-0.39, 0.29) is 11.9 Å². The molecule has 0 unspecified atom stereocenters. The number of fused-ring (bicyclic) bond motifs is 1. The molecule has 0 spiro atoms. The van der Waals surface area contributed by atoms with Gasteiger partial charge in [-0.1, -0.05) is 98.8 Å². The average Bonchev–Trinajstić information content (AvgIpc) is 3.35. The predicted molar refractivity (Wildman–Crippen MR) is 144 cm³/mol. The fourth-order valence-corrected chi connectivity index (χ4v) is 4.54. The van der Waals surface area contributed by atoms with Crippen LogP contribution in [-0.2, 0) is 6.42 Å². The monoisotopic (exact) mass is 474 g/mol. The molecule has 0 aliphatic carbocycles. The van der Waals surface area contributed by atoms with E-state index in [1.807, 2.05) is 61.7 Å². The smallest absolute Gasteiger partial charge is 0.255 e. The van der Waals surface area contributed by atoms with E-state index < -0.39 is 0 Å². The molecule has 180 valence electrons. The molecule has 2 aromatic heterocycles. The van der Waals surface area contributed by atoms with Gasteiger partial charge in [0.05, 0.1) is 23.5 Å². The van der Waals surface area contributed by atoms with Crippen LogP contribution in [0.4, 0.5) is 0 Å². The Hall–Kier alpha value is -4.25. The summed E-state index contributed by atoms with van der Waals surface area (Å²) in [6.45, 7) is 6.28. The van der Waals surface area contributed by atoms with E-state index in [9.17, 15) is 4.79 Å². The molecule has 0 aliphatic heterocycles. The molecular formula is C31H30N4O. The summed E-state index contributed by atoms with van der Waals surface area (Å²) in [6.07, 6.45) is 4.19. The number of carbonyl (C=O) groups excluding carboxylic acids is 1. The quantitative estimate of drug-likeness (QED) is 0.291. The van der Waals surface area contributed by atoms with Crippen molar-refractivity contribution in [2.24, 2.45) is 0 Å². The Morgan fingerprint density at radius 2 is 1.53 bits per heavy atom. The molecule has 0 saturated carbocycles. The maximum absolute atomic E-state index is 13.5. The van der Waals surface area contributed by atoms with Crippen LogP contribution in [0.1, 0.15) is 58.5 Å². The van der Waals surface area contributed by atoms with Gasteiger partial charge in [0.15, 0.2) is 5.65 Å². The Morgan fingerprint density at radius 3 is 2.19 bits per heavy atom. The van der Waals surface area contributed by atoms with E-state index in [2.05, 4.69) is 65.6 Å². The number of hydrogen-bond acceptors (Lipinski definition) is 3. The van der Waals surface area contributed by atoms with E-state index in [1.165, 1.54) is 5.56 Å². The second-order valence-electron chi connectivity index (χ2n) is 9.45. The van der Waals surface area contributed by atoms with Crippen LogP contribution in [0.5, 0.6) is 0 Å². The third-order valence-corrected chi connectivity index (χ3v) is 6.69. The highest BCUT2D eigenvalue weighted by molar-refractivity contribution is 5.95. The number of amides is 1. The van der Waals surface area contributed by atoms with E-state index in [0.717, 1.165) is 33.6 Å². The van der Waals surface area contributed by atoms with E-state index in [0.29, 0.717) is 17.9 Å². The zero-order chi connectivity index (χ0) is 25.1. The molecule has 0 bridgehead atoms. The van der Waals surface area contributed by atoms with Crippen molar-refractivity contribution in [2.45, 2.75) is 39.2 Å². The standard InChI is InChI=1S/C31H30N4O/c1-21(2)24-14-16-25(17-15-24)28-20-33-35-22(3)27(19-32-30(28)35)31(36)34-29(26-12-8-5-9-13-26)18-23-10-6-4-7-11-23/h4-17,19-21,29H,18H2,1-3H3,(H,34,36)/t29-/m1/s1. The number of aryl methyl sites for hydroxylation is 1. The zero-order valence-electron chi connectivity index (χ0n) is 20.8. The van der Waals surface area contributed by atoms with Crippen molar-refractivity contribution in [1.29, 1.82) is 0 Å². The fraction of sp³-hybridized carbons (Fsp3) is 0.194. The molecule has 3 aromatic carbocycles. The molecule has 0 fully saturated rings. The molecule has 1 atom stereocenters. The Labute approximate surface area is 211 Å². The van der Waals surface area contributed by atoms with E-state index in [4.69, 9.17) is 0 Å². The molecule has 0 aliphatic rings. The number of aromatic nitrogens is 3. The SMILES string of the molecule is Cc1c(C(=O)N[C@H](Cc2ccccc2)c2ccccc2)cnc2c(-c3ccc(C(C)C)cc3)cnn12. The molecule has 0 saturated heterocycles. The highest BCUT2D eigenvalue weighted by Crippen LogP contribution is 2.27. The molecule has 1 amide bonds. The highest BCUT2D eigenvalue weighted by atomic mass is 16.1. The zero-order valence-corrected chi connectivity index (χ0v) is 20.8. The number of rotatable bonds is 7. The lowest BCUT2D eigenvalue weighted by atomic mass is 9.98. The van der Waals surface area contributed by atoms with Crippen molar-refractivity contribution < 1.29 is 4.79 Å². The molecule has 5 aromatic rings. The lowest BCUT2D eigenvalue weighted by Crippen LogP contribution is -2.31. The first-order valence-electron chi connectivity index (χ1n) is 12.3. The van der Waals surface area contributed by atoms with Crippen LogP contribution in [0, 0.1) is 6.92 Å². The minimum atomic E-state index is -0.163. The number of hydrogen-bond donors (Lipinski definition) is 1. The molecule has 36 heavy (non-hydrogen) atoms. The summed E-state index contributed by atoms with van der Waals surface area (Å²) >= 11 is 0. The normalized spacial score (nSPS) is 12.1. The van der Waals surface area contributed by atoms with Crippen molar-refractivity contribution >= 4 is 11.6 Å². The largest absolute Gasteiger partial charge is 0.345 e. The lowest BCUT2D eigenvalue weighted by Gasteiger charge is -2.20. The number of nitrogens with zero attached hydrogens (tertiary/aromatic N) is 3. The van der Waals surface area contributed by atoms with Gasteiger partial charge in [0.25, 0.3) is 5.91 Å². The Kier molecular flexibility index (Phi) is 6.63. The van der Waals surface area contributed by atoms with E-state index in [1.54, 1.807) is 10.7 Å². The van der Waals surface area contributed by atoms with Gasteiger partial charge in [-0.25, -0.2) is 9.50 Å². The van der Waals surface area contributed by atoms with Gasteiger partial charge in [-0.05, 0) is 41.5 Å². The number of benzene rings is 3. The molecule has 2 heterocycles. The van der Waals surface area contributed by atoms with Crippen LogP contribution < -0.4 is 5.32 Å². The van der Waals surface area contributed by atoms with Gasteiger partial charge in [-0.2, -0.15) is 5.10 Å². The van der Waals surface area contributed by atoms with Crippen molar-refractivity contribution in [1.82, 2.24) is 19.9 Å². The van der Waals surface area contributed by atoms with E-state index >= 15 is 0 Å². The topological polar surface area (TPSA) is 59.3 Å². The maximum Gasteiger partial charge on any atom is 0.255 e. The van der Waals surface area contributed by atoms with Crippen LogP contribution >= 0.6 is 0 Å². The highest BCUT2D eigenvalue weighted by Gasteiger charge is 2.20. The van der Waals surface area contributed by atoms with Crippen LogP contribution in [0.15, 0.2) is 97.3 Å². The van der Waals surface area contributed by atoms with Gasteiger partial charge in [-0.15, -0.1) is 0 Å². The Morgan fingerprint density at radius 1 is 0.861 bits per heavy atom. The number of nitrogens with one attached hydrogen (secondary N) is 1. The maximum atomic E-state index is 13.5. The van der Waals surface area contributed by atoms with Crippen molar-refractivity contribution in [3.05, 3.63) is 125 Å². The van der Waals surface area contributed by atoms with Gasteiger partial charge >= 0.3 is 0 Å². The fourth-order valence-electron chi connectivity index (χ4n) is 4.54. The predicted octanol–water partition coefficient (Wildman–Crippen LogP) is 6.54. The average molecular weight is 475 g/mol. The molecule has 0 radical (unpaired) electrons. The summed E-state index contributed by atoms with van der Waals surface area (Å²) in [6, 6.07) is 28.6. The summed E-state index contributed by atoms with van der Waals surface area (Å²) < 4.78 is 1.76. The van der Waals surface area contributed by atoms with Gasteiger partial charge in [0, 0.05) is 11.8 Å². The molecule has 5 nitrogen and oxygen atoms in total. The van der Waals surface area contributed by atoms with Gasteiger partial charge in [0.1, 0.15) is 0 Å². The molecule has 1 N–H and O–H groups in total. The summed E-state index contributed by atoms with van der Waals surface area (Å²) in [5.41, 5.74) is 7.55. The van der Waals surface area contributed by atoms with Crippen molar-refractivity contribution in [3.63, 3.8) is 0 Å². The first-order chi connectivity index (χ1) is 17.5. The summed E-state index contributed by atoms with van der Waals surface area (Å²) in [5.74, 6) is 0.316. The van der Waals surface area contributed by atoms with Crippen LogP contribution in [0.25, 0.3) is 16.8 Å². The third kappa shape index (κ3) is 4.78. The second-order valence-corrected chi connectivity index (χ2v) is 9.45. The molecule has 5 rings (SSSR count). The minimum absolute atomic E-state index is 0.162. The van der Waals surface area contributed by atoms with Crippen LogP contribution in [0.3, 0.4) is 0 Å². The van der Waals surface area contributed by atoms with Crippen molar-refractivity contribution in [3.8, 4) is 11.1 Å². The lowest BCUT2D eigenvalue weighted by molar-refractivity contribution is 0.0935. The Balaban J connectivity index is 1.44. The second kappa shape index (κ2) is 10.2. The Bertz CT molecular complexity index is 1470. The first-order valence-corrected chi connectivity index (χ1v) is 12.3. The van der Waals surface area contributed by atoms with Gasteiger partial charge in [0.2, 0.25) is 0 Å². The molecular weight excluding hydrogens is 444 g/mol. The summed E-state index contributed by atoms with van der Waals surface area (Å²) in [5, 5.41) is 7.81. The van der Waals surface area contributed by atoms with Crippen LogP contribution in [-0.4, -0.2) is 20.5 Å². The third-order valence-electron chi connectivity index (χ3n) is 6.69. The van der Waals surface area contributed by atoms with Crippen LogP contribution in [0.2, 0.25) is 0 Å². The minimum Gasteiger partial charge on any atom is -0.345 e. The van der Waals surface area contributed by atoms with Crippen molar-refractivity contribution in [2.75, 3.05) is 0 Å². The number of carbonyl (C=O) groups is 1. The van der Waals surface area contributed by atoms with Gasteiger partial charge < -0.3 is 5.32 Å².